The molecule has 3 aromatic rings. The van der Waals surface area contributed by atoms with Crippen LogP contribution < -0.4 is 10.1 Å². The maximum Gasteiger partial charge on any atom is 0.416 e. The summed E-state index contributed by atoms with van der Waals surface area (Å²) in [6.45, 7) is 4.40. The molecule has 0 amide bonds. The van der Waals surface area contributed by atoms with Crippen LogP contribution in [-0.2, 0) is 6.18 Å². The molecule has 0 spiro atoms. The third-order valence-electron chi connectivity index (χ3n) is 4.98. The largest absolute Gasteiger partial charge is 0.478 e. The third kappa shape index (κ3) is 6.00. The number of nitrogens with one attached hydrogen (secondary N) is 1. The maximum absolute atomic E-state index is 12.7. The number of pyridine rings is 1. The number of aromatic carboxylic acids is 1. The second kappa shape index (κ2) is 9.72. The summed E-state index contributed by atoms with van der Waals surface area (Å²) in [5, 5.41) is 12.3. The minimum atomic E-state index is -4.37. The van der Waals surface area contributed by atoms with Gasteiger partial charge in [-0.25, -0.2) is 9.78 Å². The Morgan fingerprint density at radius 3 is 2.12 bits per heavy atom. The lowest BCUT2D eigenvalue weighted by Crippen LogP contribution is -2.32. The molecule has 2 N–H and O–H groups in total. The van der Waals surface area contributed by atoms with Crippen molar-refractivity contribution in [2.45, 2.75) is 26.1 Å². The van der Waals surface area contributed by atoms with E-state index in [2.05, 4.69) is 10.3 Å². The molecule has 8 heteroatoms. The van der Waals surface area contributed by atoms with Gasteiger partial charge in [-0.05, 0) is 53.9 Å². The van der Waals surface area contributed by atoms with E-state index in [1.165, 1.54) is 24.3 Å². The molecule has 0 aliphatic carbocycles. The molecule has 0 aliphatic rings. The number of halogens is 3. The van der Waals surface area contributed by atoms with Gasteiger partial charge < -0.3 is 15.2 Å². The zero-order chi connectivity index (χ0) is 23.3. The highest BCUT2D eigenvalue weighted by Crippen LogP contribution is 2.31. The first-order chi connectivity index (χ1) is 15.1. The van der Waals surface area contributed by atoms with Gasteiger partial charge in [-0.3, -0.25) is 0 Å². The van der Waals surface area contributed by atoms with Crippen LogP contribution in [0.3, 0.4) is 0 Å². The fourth-order valence-electron chi connectivity index (χ4n) is 2.99. The van der Waals surface area contributed by atoms with Crippen molar-refractivity contribution in [1.29, 1.82) is 0 Å². The predicted molar refractivity (Wildman–Crippen MR) is 116 cm³/mol. The van der Waals surface area contributed by atoms with E-state index in [1.807, 2.05) is 13.8 Å². The molecule has 168 valence electrons. The fourth-order valence-corrected chi connectivity index (χ4v) is 2.99. The van der Waals surface area contributed by atoms with Crippen LogP contribution in [0.15, 0.2) is 66.9 Å². The summed E-state index contributed by atoms with van der Waals surface area (Å²) in [7, 11) is 0. The Morgan fingerprint density at radius 2 is 1.62 bits per heavy atom. The average Bonchev–Trinajstić information content (AvgIpc) is 2.76. The lowest BCUT2D eigenvalue weighted by atomic mass is 10.0. The number of aromatic nitrogens is 1. The standard InChI is InChI=1S/C24H23F3N2O3/c1-15(2)21(29-20-10-5-17(6-11-20)23(30)31)14-32-22-12-7-18(13-28-22)16-3-8-19(9-4-16)24(25,26)27/h3-13,15,21,29H,14H2,1-2H3,(H,30,31). The molecular formula is C24H23F3N2O3. The summed E-state index contributed by atoms with van der Waals surface area (Å²) in [4.78, 5) is 15.2. The molecule has 32 heavy (non-hydrogen) atoms. The molecule has 0 fully saturated rings. The van der Waals surface area contributed by atoms with Crippen LogP contribution >= 0.6 is 0 Å². The number of carboxylic acids is 1. The highest BCUT2D eigenvalue weighted by atomic mass is 19.4. The van der Waals surface area contributed by atoms with Crippen LogP contribution in [0.2, 0.25) is 0 Å². The number of anilines is 1. The van der Waals surface area contributed by atoms with E-state index in [0.29, 0.717) is 23.6 Å². The molecule has 1 unspecified atom stereocenters. The van der Waals surface area contributed by atoms with Gasteiger partial charge in [0.15, 0.2) is 0 Å². The average molecular weight is 444 g/mol. The second-order valence-electron chi connectivity index (χ2n) is 7.65. The molecule has 0 aliphatic heterocycles. The van der Waals surface area contributed by atoms with Crippen LogP contribution in [-0.4, -0.2) is 28.7 Å². The zero-order valence-electron chi connectivity index (χ0n) is 17.6. The van der Waals surface area contributed by atoms with Crippen molar-refractivity contribution >= 4 is 11.7 Å². The molecule has 0 radical (unpaired) electrons. The molecule has 1 aromatic heterocycles. The maximum atomic E-state index is 12.7. The lowest BCUT2D eigenvalue weighted by molar-refractivity contribution is -0.137. The first-order valence-corrected chi connectivity index (χ1v) is 10.00. The van der Waals surface area contributed by atoms with Crippen LogP contribution in [0.1, 0.15) is 29.8 Å². The van der Waals surface area contributed by atoms with E-state index >= 15 is 0 Å². The molecule has 5 nitrogen and oxygen atoms in total. The second-order valence-corrected chi connectivity index (χ2v) is 7.65. The Hall–Kier alpha value is -3.55. The fraction of sp³-hybridized carbons (Fsp3) is 0.250. The van der Waals surface area contributed by atoms with Gasteiger partial charge in [-0.15, -0.1) is 0 Å². The van der Waals surface area contributed by atoms with Crippen molar-refractivity contribution in [3.05, 3.63) is 78.0 Å². The van der Waals surface area contributed by atoms with Gasteiger partial charge in [-0.2, -0.15) is 13.2 Å². The van der Waals surface area contributed by atoms with E-state index < -0.39 is 17.7 Å². The van der Waals surface area contributed by atoms with Crippen molar-refractivity contribution in [2.75, 3.05) is 11.9 Å². The van der Waals surface area contributed by atoms with Crippen molar-refractivity contribution < 1.29 is 27.8 Å². The summed E-state index contributed by atoms with van der Waals surface area (Å²) >= 11 is 0. The van der Waals surface area contributed by atoms with Gasteiger partial charge in [0.25, 0.3) is 0 Å². The van der Waals surface area contributed by atoms with Gasteiger partial charge in [0.2, 0.25) is 5.88 Å². The number of hydrogen-bond donors (Lipinski definition) is 2. The van der Waals surface area contributed by atoms with E-state index in [-0.39, 0.29) is 17.5 Å². The number of benzene rings is 2. The first kappa shape index (κ1) is 23.1. The molecule has 0 saturated heterocycles. The van der Waals surface area contributed by atoms with Gasteiger partial charge in [0.1, 0.15) is 6.61 Å². The molecule has 0 bridgehead atoms. The highest BCUT2D eigenvalue weighted by Gasteiger charge is 2.30. The van der Waals surface area contributed by atoms with E-state index in [0.717, 1.165) is 17.8 Å². The predicted octanol–water partition coefficient (Wildman–Crippen LogP) is 5.98. The summed E-state index contributed by atoms with van der Waals surface area (Å²) in [5.41, 5.74) is 1.61. The molecule has 1 atom stereocenters. The summed E-state index contributed by atoms with van der Waals surface area (Å²) < 4.78 is 43.9. The number of nitrogens with zero attached hydrogens (tertiary/aromatic N) is 1. The minimum absolute atomic E-state index is 0.0536. The van der Waals surface area contributed by atoms with Crippen molar-refractivity contribution in [3.63, 3.8) is 0 Å². The van der Waals surface area contributed by atoms with Gasteiger partial charge in [0, 0.05) is 23.5 Å². The number of alkyl halides is 3. The third-order valence-corrected chi connectivity index (χ3v) is 4.98. The van der Waals surface area contributed by atoms with Crippen molar-refractivity contribution in [1.82, 2.24) is 4.98 Å². The number of carbonyl (C=O) groups is 1. The zero-order valence-corrected chi connectivity index (χ0v) is 17.6. The van der Waals surface area contributed by atoms with Crippen LogP contribution in [0.4, 0.5) is 18.9 Å². The molecule has 0 saturated carbocycles. The van der Waals surface area contributed by atoms with Gasteiger partial charge >= 0.3 is 12.1 Å². The summed E-state index contributed by atoms with van der Waals surface area (Å²) in [6.07, 6.45) is -2.81. The molecule has 3 rings (SSSR count). The van der Waals surface area contributed by atoms with Crippen molar-refractivity contribution in [3.8, 4) is 17.0 Å². The molecular weight excluding hydrogens is 421 g/mol. The quantitative estimate of drug-likeness (QED) is 0.447. The smallest absolute Gasteiger partial charge is 0.416 e. The van der Waals surface area contributed by atoms with E-state index in [9.17, 15) is 18.0 Å². The Labute approximate surface area is 183 Å². The first-order valence-electron chi connectivity index (χ1n) is 10.00. The van der Waals surface area contributed by atoms with Crippen LogP contribution in [0.5, 0.6) is 5.88 Å². The number of carboxylic acid groups (broad SMARTS) is 1. The Bertz CT molecular complexity index is 1030. The minimum Gasteiger partial charge on any atom is -0.478 e. The van der Waals surface area contributed by atoms with Crippen molar-refractivity contribution in [2.24, 2.45) is 5.92 Å². The Balaban J connectivity index is 1.61. The molecule has 1 heterocycles. The number of rotatable bonds is 8. The Kier molecular flexibility index (Phi) is 7.02. The highest BCUT2D eigenvalue weighted by molar-refractivity contribution is 5.88. The topological polar surface area (TPSA) is 71.5 Å². The lowest BCUT2D eigenvalue weighted by Gasteiger charge is -2.23. The molecule has 2 aromatic carbocycles. The Morgan fingerprint density at radius 1 is 1.00 bits per heavy atom. The monoisotopic (exact) mass is 444 g/mol. The SMILES string of the molecule is CC(C)C(COc1ccc(-c2ccc(C(F)(F)F)cc2)cn1)Nc1ccc(C(=O)O)cc1. The van der Waals surface area contributed by atoms with Gasteiger partial charge in [-0.1, -0.05) is 26.0 Å². The van der Waals surface area contributed by atoms with E-state index in [4.69, 9.17) is 9.84 Å². The van der Waals surface area contributed by atoms with Crippen LogP contribution in [0.25, 0.3) is 11.1 Å². The summed E-state index contributed by atoms with van der Waals surface area (Å²) in [6, 6.07) is 14.7. The number of hydrogen-bond acceptors (Lipinski definition) is 4. The van der Waals surface area contributed by atoms with E-state index in [1.54, 1.807) is 30.5 Å². The number of ether oxygens (including phenoxy) is 1. The normalized spacial score (nSPS) is 12.4. The summed E-state index contributed by atoms with van der Waals surface area (Å²) in [5.74, 6) is -0.360. The van der Waals surface area contributed by atoms with Gasteiger partial charge in [0.05, 0.1) is 17.2 Å². The van der Waals surface area contributed by atoms with Crippen LogP contribution in [0, 0.1) is 5.92 Å².